The molecule has 0 amide bonds. The Bertz CT molecular complexity index is 857. The first kappa shape index (κ1) is 18.0. The Balaban J connectivity index is 1.41. The zero-order valence-corrected chi connectivity index (χ0v) is 16.5. The van der Waals surface area contributed by atoms with Gasteiger partial charge in [-0.15, -0.1) is 21.5 Å². The third-order valence-electron chi connectivity index (χ3n) is 4.90. The van der Waals surface area contributed by atoms with Crippen LogP contribution in [0.2, 0.25) is 0 Å². The van der Waals surface area contributed by atoms with Gasteiger partial charge in [0, 0.05) is 26.2 Å². The standard InChI is InChI=1S/C20H24N4O2S/c1-3-25-17-8-5-4-7-16(17)24-12-10-23(11-13-24)15(2)19-21-22-20(26-19)18-9-6-14-27-18/h4-9,14-15H,3,10-13H2,1-2H3/t15-/m0/s1. The minimum atomic E-state index is 0.107. The Kier molecular flexibility index (Phi) is 5.40. The highest BCUT2D eigenvalue weighted by Crippen LogP contribution is 2.31. The van der Waals surface area contributed by atoms with Crippen molar-refractivity contribution in [2.24, 2.45) is 0 Å². The second-order valence-electron chi connectivity index (χ2n) is 6.52. The molecule has 0 unspecified atom stereocenters. The Hall–Kier alpha value is -2.38. The number of thiophene rings is 1. The van der Waals surface area contributed by atoms with E-state index in [1.807, 2.05) is 36.6 Å². The maximum atomic E-state index is 5.92. The molecule has 0 N–H and O–H groups in total. The molecule has 0 radical (unpaired) electrons. The molecule has 7 heteroatoms. The van der Waals surface area contributed by atoms with Gasteiger partial charge in [0.05, 0.1) is 23.2 Å². The van der Waals surface area contributed by atoms with E-state index in [1.165, 1.54) is 5.69 Å². The summed E-state index contributed by atoms with van der Waals surface area (Å²) in [5.41, 5.74) is 1.17. The summed E-state index contributed by atoms with van der Waals surface area (Å²) in [5.74, 6) is 2.25. The molecule has 3 aromatic rings. The summed E-state index contributed by atoms with van der Waals surface area (Å²) in [7, 11) is 0. The molecule has 142 valence electrons. The van der Waals surface area contributed by atoms with E-state index in [9.17, 15) is 0 Å². The lowest BCUT2D eigenvalue weighted by Gasteiger charge is -2.38. The predicted octanol–water partition coefficient (Wildman–Crippen LogP) is 4.08. The fraction of sp³-hybridized carbons (Fsp3) is 0.400. The highest BCUT2D eigenvalue weighted by atomic mass is 32.1. The van der Waals surface area contributed by atoms with Gasteiger partial charge < -0.3 is 14.1 Å². The van der Waals surface area contributed by atoms with Gasteiger partial charge in [-0.05, 0) is 37.4 Å². The average molecular weight is 385 g/mol. The van der Waals surface area contributed by atoms with Crippen molar-refractivity contribution in [3.63, 3.8) is 0 Å². The van der Waals surface area contributed by atoms with Crippen LogP contribution in [0.5, 0.6) is 5.75 Å². The van der Waals surface area contributed by atoms with Crippen molar-refractivity contribution in [1.82, 2.24) is 15.1 Å². The quantitative estimate of drug-likeness (QED) is 0.638. The van der Waals surface area contributed by atoms with E-state index in [4.69, 9.17) is 9.15 Å². The topological polar surface area (TPSA) is 54.6 Å². The third-order valence-corrected chi connectivity index (χ3v) is 5.76. The first-order chi connectivity index (χ1) is 13.3. The molecule has 1 saturated heterocycles. The van der Waals surface area contributed by atoms with E-state index in [1.54, 1.807) is 11.3 Å². The lowest BCUT2D eigenvalue weighted by Crippen LogP contribution is -2.47. The maximum Gasteiger partial charge on any atom is 0.257 e. The molecule has 27 heavy (non-hydrogen) atoms. The molecule has 1 aromatic carbocycles. The molecular formula is C20H24N4O2S. The normalized spacial score (nSPS) is 16.4. The van der Waals surface area contributed by atoms with Crippen molar-refractivity contribution in [3.05, 3.63) is 47.7 Å². The van der Waals surface area contributed by atoms with Crippen LogP contribution in [0, 0.1) is 0 Å². The third kappa shape index (κ3) is 3.84. The summed E-state index contributed by atoms with van der Waals surface area (Å²) in [4.78, 5) is 5.79. The van der Waals surface area contributed by atoms with Crippen LogP contribution in [0.3, 0.4) is 0 Å². The van der Waals surface area contributed by atoms with Gasteiger partial charge >= 0.3 is 0 Å². The van der Waals surface area contributed by atoms with E-state index in [0.29, 0.717) is 18.4 Å². The number of benzene rings is 1. The van der Waals surface area contributed by atoms with Crippen molar-refractivity contribution in [2.75, 3.05) is 37.7 Å². The van der Waals surface area contributed by atoms with Crippen LogP contribution in [0.4, 0.5) is 5.69 Å². The Morgan fingerprint density at radius 2 is 1.93 bits per heavy atom. The van der Waals surface area contributed by atoms with E-state index in [-0.39, 0.29) is 6.04 Å². The molecule has 1 fully saturated rings. The smallest absolute Gasteiger partial charge is 0.257 e. The SMILES string of the molecule is CCOc1ccccc1N1CCN([C@@H](C)c2nnc(-c3cccs3)o2)CC1. The number of nitrogens with zero attached hydrogens (tertiary/aromatic N) is 4. The molecule has 1 atom stereocenters. The average Bonchev–Trinajstić information content (AvgIpc) is 3.40. The Labute approximate surface area is 163 Å². The minimum absolute atomic E-state index is 0.107. The molecule has 1 aliphatic heterocycles. The molecule has 0 saturated carbocycles. The number of piperazine rings is 1. The van der Waals surface area contributed by atoms with Gasteiger partial charge in [-0.3, -0.25) is 4.90 Å². The van der Waals surface area contributed by atoms with Gasteiger partial charge in [0.2, 0.25) is 5.89 Å². The van der Waals surface area contributed by atoms with Crippen LogP contribution in [-0.4, -0.2) is 47.9 Å². The van der Waals surface area contributed by atoms with Crippen molar-refractivity contribution < 1.29 is 9.15 Å². The summed E-state index contributed by atoms with van der Waals surface area (Å²) >= 11 is 1.61. The Morgan fingerprint density at radius 3 is 2.67 bits per heavy atom. The molecule has 0 aliphatic carbocycles. The largest absolute Gasteiger partial charge is 0.492 e. The fourth-order valence-corrected chi connectivity index (χ4v) is 4.05. The van der Waals surface area contributed by atoms with Gasteiger partial charge in [-0.2, -0.15) is 0 Å². The molecule has 1 aliphatic rings. The van der Waals surface area contributed by atoms with E-state index >= 15 is 0 Å². The zero-order chi connectivity index (χ0) is 18.6. The van der Waals surface area contributed by atoms with Crippen molar-refractivity contribution >= 4 is 17.0 Å². The summed E-state index contributed by atoms with van der Waals surface area (Å²) in [6.07, 6.45) is 0. The second-order valence-corrected chi connectivity index (χ2v) is 7.47. The number of anilines is 1. The summed E-state index contributed by atoms with van der Waals surface area (Å²) < 4.78 is 11.7. The van der Waals surface area contributed by atoms with Gasteiger partial charge in [-0.25, -0.2) is 0 Å². The monoisotopic (exact) mass is 384 g/mol. The fourth-order valence-electron chi connectivity index (χ4n) is 3.41. The summed E-state index contributed by atoms with van der Waals surface area (Å²) in [5, 5.41) is 10.5. The maximum absolute atomic E-state index is 5.92. The van der Waals surface area contributed by atoms with Crippen molar-refractivity contribution in [2.45, 2.75) is 19.9 Å². The van der Waals surface area contributed by atoms with Crippen LogP contribution >= 0.6 is 11.3 Å². The van der Waals surface area contributed by atoms with Crippen molar-refractivity contribution in [3.8, 4) is 16.5 Å². The Morgan fingerprint density at radius 1 is 1.11 bits per heavy atom. The molecular weight excluding hydrogens is 360 g/mol. The number of hydrogen-bond donors (Lipinski definition) is 0. The van der Waals surface area contributed by atoms with Crippen LogP contribution in [0.1, 0.15) is 25.8 Å². The lowest BCUT2D eigenvalue weighted by molar-refractivity contribution is 0.173. The number of rotatable bonds is 6. The number of hydrogen-bond acceptors (Lipinski definition) is 7. The van der Waals surface area contributed by atoms with Crippen LogP contribution < -0.4 is 9.64 Å². The highest BCUT2D eigenvalue weighted by Gasteiger charge is 2.27. The number of ether oxygens (including phenoxy) is 1. The number of para-hydroxylation sites is 2. The lowest BCUT2D eigenvalue weighted by atomic mass is 10.2. The van der Waals surface area contributed by atoms with E-state index in [0.717, 1.165) is 36.8 Å². The van der Waals surface area contributed by atoms with E-state index in [2.05, 4.69) is 39.1 Å². The van der Waals surface area contributed by atoms with E-state index < -0.39 is 0 Å². The molecule has 0 bridgehead atoms. The first-order valence-electron chi connectivity index (χ1n) is 9.34. The predicted molar refractivity (Wildman–Crippen MR) is 107 cm³/mol. The second kappa shape index (κ2) is 8.10. The molecule has 3 heterocycles. The molecule has 6 nitrogen and oxygen atoms in total. The molecule has 2 aromatic heterocycles. The van der Waals surface area contributed by atoms with Gasteiger partial charge in [0.15, 0.2) is 0 Å². The highest BCUT2D eigenvalue weighted by molar-refractivity contribution is 7.13. The summed E-state index contributed by atoms with van der Waals surface area (Å²) in [6.45, 7) is 8.61. The van der Waals surface area contributed by atoms with Crippen LogP contribution in [0.25, 0.3) is 10.8 Å². The van der Waals surface area contributed by atoms with Crippen LogP contribution in [0.15, 0.2) is 46.2 Å². The molecule has 0 spiro atoms. The van der Waals surface area contributed by atoms with Crippen molar-refractivity contribution in [1.29, 1.82) is 0 Å². The van der Waals surface area contributed by atoms with Gasteiger partial charge in [0.1, 0.15) is 5.75 Å². The zero-order valence-electron chi connectivity index (χ0n) is 15.7. The summed E-state index contributed by atoms with van der Waals surface area (Å²) in [6, 6.07) is 12.4. The van der Waals surface area contributed by atoms with Gasteiger partial charge in [-0.1, -0.05) is 18.2 Å². The van der Waals surface area contributed by atoms with Crippen LogP contribution in [-0.2, 0) is 0 Å². The molecule has 4 rings (SSSR count). The number of aromatic nitrogens is 2. The minimum Gasteiger partial charge on any atom is -0.492 e. The van der Waals surface area contributed by atoms with Gasteiger partial charge in [0.25, 0.3) is 5.89 Å². The first-order valence-corrected chi connectivity index (χ1v) is 10.2.